The number of hydrogen-bond donors (Lipinski definition) is 0. The van der Waals surface area contributed by atoms with Crippen molar-refractivity contribution in [1.82, 2.24) is 0 Å². The fourth-order valence-corrected chi connectivity index (χ4v) is 3.29. The van der Waals surface area contributed by atoms with Crippen LogP contribution in [0, 0.1) is 6.92 Å². The highest BCUT2D eigenvalue weighted by molar-refractivity contribution is 6.23. The van der Waals surface area contributed by atoms with E-state index in [4.69, 9.17) is 16.0 Å². The van der Waals surface area contributed by atoms with E-state index in [1.165, 1.54) is 22.3 Å². The molecule has 1 aromatic heterocycles. The van der Waals surface area contributed by atoms with Crippen LogP contribution in [0.1, 0.15) is 59.7 Å². The molecular formula is C18H23ClO. The monoisotopic (exact) mass is 290 g/mol. The van der Waals surface area contributed by atoms with Crippen molar-refractivity contribution in [2.75, 3.05) is 0 Å². The molecule has 20 heavy (non-hydrogen) atoms. The van der Waals surface area contributed by atoms with Crippen molar-refractivity contribution >= 4 is 11.6 Å². The maximum absolute atomic E-state index is 6.78. The third kappa shape index (κ3) is 2.78. The Balaban J connectivity index is 2.57. The summed E-state index contributed by atoms with van der Waals surface area (Å²) in [5.41, 5.74) is 6.48. The first-order valence-corrected chi connectivity index (χ1v) is 7.88. The van der Waals surface area contributed by atoms with Crippen molar-refractivity contribution in [3.8, 4) is 0 Å². The zero-order valence-corrected chi connectivity index (χ0v) is 13.6. The van der Waals surface area contributed by atoms with Crippen LogP contribution in [0.15, 0.2) is 28.9 Å². The Labute approximate surface area is 127 Å². The second-order valence-electron chi connectivity index (χ2n) is 5.18. The van der Waals surface area contributed by atoms with Crippen molar-refractivity contribution in [2.45, 2.75) is 52.3 Å². The van der Waals surface area contributed by atoms with Crippen LogP contribution in [0.3, 0.4) is 0 Å². The number of rotatable bonds is 5. The highest BCUT2D eigenvalue weighted by atomic mass is 35.5. The minimum absolute atomic E-state index is 0.121. The fourth-order valence-electron chi connectivity index (χ4n) is 2.78. The molecule has 1 atom stereocenters. The van der Waals surface area contributed by atoms with Crippen LogP contribution >= 0.6 is 11.6 Å². The Morgan fingerprint density at radius 3 is 2.05 bits per heavy atom. The van der Waals surface area contributed by atoms with Gasteiger partial charge in [0.1, 0.15) is 5.76 Å². The van der Waals surface area contributed by atoms with E-state index in [9.17, 15) is 0 Å². The molecule has 0 radical (unpaired) electrons. The summed E-state index contributed by atoms with van der Waals surface area (Å²) in [6, 6.07) is 6.60. The van der Waals surface area contributed by atoms with E-state index in [1.807, 2.05) is 13.0 Å². The van der Waals surface area contributed by atoms with E-state index >= 15 is 0 Å². The van der Waals surface area contributed by atoms with Gasteiger partial charge in [-0.3, -0.25) is 0 Å². The highest BCUT2D eigenvalue weighted by Crippen LogP contribution is 2.37. The minimum Gasteiger partial charge on any atom is -0.469 e. The Morgan fingerprint density at radius 2 is 1.65 bits per heavy atom. The molecule has 1 aromatic carbocycles. The SMILES string of the molecule is CCc1cc(CC)c(C(Cl)c2ccoc2C)c(CC)c1. The standard InChI is InChI=1S/C18H23ClO/c1-5-13-10-14(6-2)17(15(7-3)11-13)18(19)16-8-9-20-12(16)4/h8-11,18H,5-7H2,1-4H3. The molecule has 0 fully saturated rings. The smallest absolute Gasteiger partial charge is 0.105 e. The normalized spacial score (nSPS) is 12.7. The lowest BCUT2D eigenvalue weighted by Gasteiger charge is -2.19. The lowest BCUT2D eigenvalue weighted by molar-refractivity contribution is 0.530. The van der Waals surface area contributed by atoms with E-state index in [0.29, 0.717) is 0 Å². The quantitative estimate of drug-likeness (QED) is 0.653. The molecule has 2 heteroatoms. The van der Waals surface area contributed by atoms with Crippen LogP contribution in [0.25, 0.3) is 0 Å². The predicted octanol–water partition coefficient (Wildman–Crippen LogP) is 5.60. The van der Waals surface area contributed by atoms with Gasteiger partial charge in [-0.05, 0) is 54.5 Å². The van der Waals surface area contributed by atoms with Gasteiger partial charge in [0.25, 0.3) is 0 Å². The first-order chi connectivity index (χ1) is 9.62. The van der Waals surface area contributed by atoms with Gasteiger partial charge in [0.05, 0.1) is 11.6 Å². The van der Waals surface area contributed by atoms with E-state index < -0.39 is 0 Å². The summed E-state index contributed by atoms with van der Waals surface area (Å²) in [5, 5.41) is -0.121. The maximum Gasteiger partial charge on any atom is 0.105 e. The molecular weight excluding hydrogens is 268 g/mol. The Kier molecular flexibility index (Phi) is 4.93. The lowest BCUT2D eigenvalue weighted by atomic mass is 9.89. The molecule has 2 aromatic rings. The minimum atomic E-state index is -0.121. The van der Waals surface area contributed by atoms with Gasteiger partial charge in [0.15, 0.2) is 0 Å². The Hall–Kier alpha value is -1.21. The average Bonchev–Trinajstić information content (AvgIpc) is 2.91. The average molecular weight is 291 g/mol. The molecule has 2 rings (SSSR count). The van der Waals surface area contributed by atoms with E-state index in [1.54, 1.807) is 6.26 Å². The predicted molar refractivity (Wildman–Crippen MR) is 85.7 cm³/mol. The maximum atomic E-state index is 6.78. The Bertz CT molecular complexity index is 558. The third-order valence-corrected chi connectivity index (χ3v) is 4.46. The van der Waals surface area contributed by atoms with E-state index in [2.05, 4.69) is 32.9 Å². The molecule has 1 heterocycles. The molecule has 0 spiro atoms. The summed E-state index contributed by atoms with van der Waals surface area (Å²) in [6.07, 6.45) is 4.81. The number of halogens is 1. The molecule has 1 nitrogen and oxygen atoms in total. The summed E-state index contributed by atoms with van der Waals surface area (Å²) < 4.78 is 5.41. The summed E-state index contributed by atoms with van der Waals surface area (Å²) in [7, 11) is 0. The molecule has 0 saturated carbocycles. The van der Waals surface area contributed by atoms with E-state index in [-0.39, 0.29) is 5.38 Å². The van der Waals surface area contributed by atoms with Gasteiger partial charge in [0, 0.05) is 5.56 Å². The molecule has 0 amide bonds. The van der Waals surface area contributed by atoms with Gasteiger partial charge in [-0.2, -0.15) is 0 Å². The zero-order valence-electron chi connectivity index (χ0n) is 12.8. The number of furan rings is 1. The summed E-state index contributed by atoms with van der Waals surface area (Å²) in [6.45, 7) is 8.57. The third-order valence-electron chi connectivity index (χ3n) is 4.01. The summed E-state index contributed by atoms with van der Waals surface area (Å²) in [4.78, 5) is 0. The molecule has 0 saturated heterocycles. The zero-order chi connectivity index (χ0) is 14.7. The second kappa shape index (κ2) is 6.49. The number of hydrogen-bond acceptors (Lipinski definition) is 1. The summed E-state index contributed by atoms with van der Waals surface area (Å²) >= 11 is 6.78. The topological polar surface area (TPSA) is 13.1 Å². The van der Waals surface area contributed by atoms with Gasteiger partial charge < -0.3 is 4.42 Å². The van der Waals surface area contributed by atoms with Crippen molar-refractivity contribution < 1.29 is 4.42 Å². The Morgan fingerprint density at radius 1 is 1.05 bits per heavy atom. The molecule has 0 aliphatic heterocycles. The van der Waals surface area contributed by atoms with Gasteiger partial charge in [-0.25, -0.2) is 0 Å². The first-order valence-electron chi connectivity index (χ1n) is 7.44. The van der Waals surface area contributed by atoms with Gasteiger partial charge in [-0.1, -0.05) is 32.9 Å². The van der Waals surface area contributed by atoms with Crippen LogP contribution in [-0.4, -0.2) is 0 Å². The number of alkyl halides is 1. The van der Waals surface area contributed by atoms with Crippen LogP contribution < -0.4 is 0 Å². The molecule has 0 aliphatic carbocycles. The summed E-state index contributed by atoms with van der Waals surface area (Å²) in [5.74, 6) is 0.911. The van der Waals surface area contributed by atoms with Crippen LogP contribution in [0.4, 0.5) is 0 Å². The van der Waals surface area contributed by atoms with Gasteiger partial charge in [-0.15, -0.1) is 11.6 Å². The van der Waals surface area contributed by atoms with Gasteiger partial charge >= 0.3 is 0 Å². The van der Waals surface area contributed by atoms with Crippen molar-refractivity contribution in [3.05, 3.63) is 58.0 Å². The molecule has 0 bridgehead atoms. The van der Waals surface area contributed by atoms with Crippen LogP contribution in [0.2, 0.25) is 0 Å². The molecule has 108 valence electrons. The molecule has 1 unspecified atom stereocenters. The van der Waals surface area contributed by atoms with E-state index in [0.717, 1.165) is 30.6 Å². The fraction of sp³-hybridized carbons (Fsp3) is 0.444. The van der Waals surface area contributed by atoms with Crippen LogP contribution in [0.5, 0.6) is 0 Å². The van der Waals surface area contributed by atoms with Gasteiger partial charge in [0.2, 0.25) is 0 Å². The highest BCUT2D eigenvalue weighted by Gasteiger charge is 2.21. The van der Waals surface area contributed by atoms with Crippen LogP contribution in [-0.2, 0) is 19.3 Å². The lowest BCUT2D eigenvalue weighted by Crippen LogP contribution is -2.05. The van der Waals surface area contributed by atoms with Crippen molar-refractivity contribution in [2.24, 2.45) is 0 Å². The number of aryl methyl sites for hydroxylation is 4. The second-order valence-corrected chi connectivity index (χ2v) is 5.62. The first kappa shape index (κ1) is 15.2. The largest absolute Gasteiger partial charge is 0.469 e. The number of benzene rings is 1. The van der Waals surface area contributed by atoms with Crippen molar-refractivity contribution in [1.29, 1.82) is 0 Å². The van der Waals surface area contributed by atoms with Crippen molar-refractivity contribution in [3.63, 3.8) is 0 Å². The molecule has 0 aliphatic rings. The molecule has 0 N–H and O–H groups in total.